The lowest BCUT2D eigenvalue weighted by Gasteiger charge is -2.17. The predicted molar refractivity (Wildman–Crippen MR) is 73.6 cm³/mol. The topological polar surface area (TPSA) is 50.3 Å². The second-order valence-electron chi connectivity index (χ2n) is 4.06. The highest BCUT2D eigenvalue weighted by Gasteiger charge is 2.24. The van der Waals surface area contributed by atoms with Crippen LogP contribution in [0, 0.1) is 13.8 Å². The standard InChI is InChI=1S/C12H14N2O2S2/c1-9-4-5-11(10(2)8-9)18(15,16)14(3)12-13-6-7-17-12/h4-8H,1-3H3. The van der Waals surface area contributed by atoms with Crippen LogP contribution in [0.15, 0.2) is 34.7 Å². The first-order valence-electron chi connectivity index (χ1n) is 5.38. The van der Waals surface area contributed by atoms with Gasteiger partial charge in [0.25, 0.3) is 10.0 Å². The van der Waals surface area contributed by atoms with Gasteiger partial charge in [0.15, 0.2) is 5.13 Å². The van der Waals surface area contributed by atoms with Crippen molar-refractivity contribution in [2.45, 2.75) is 18.7 Å². The molecule has 0 unspecified atom stereocenters. The second-order valence-corrected chi connectivity index (χ2v) is 6.87. The van der Waals surface area contributed by atoms with Crippen LogP contribution in [0.3, 0.4) is 0 Å². The van der Waals surface area contributed by atoms with Gasteiger partial charge in [0.1, 0.15) is 0 Å². The lowest BCUT2D eigenvalue weighted by Crippen LogP contribution is -2.27. The number of rotatable bonds is 3. The molecule has 0 aliphatic rings. The van der Waals surface area contributed by atoms with Crippen LogP contribution in [0.5, 0.6) is 0 Å². The first-order valence-corrected chi connectivity index (χ1v) is 7.70. The Morgan fingerprint density at radius 1 is 1.28 bits per heavy atom. The van der Waals surface area contributed by atoms with Gasteiger partial charge in [0.05, 0.1) is 4.90 Å². The van der Waals surface area contributed by atoms with E-state index in [-0.39, 0.29) is 0 Å². The summed E-state index contributed by atoms with van der Waals surface area (Å²) in [7, 11) is -2.01. The number of benzene rings is 1. The summed E-state index contributed by atoms with van der Waals surface area (Å²) in [6.07, 6.45) is 1.59. The van der Waals surface area contributed by atoms with Crippen LogP contribution in [-0.4, -0.2) is 20.4 Å². The largest absolute Gasteiger partial charge is 0.266 e. The minimum absolute atomic E-state index is 0.325. The zero-order valence-electron chi connectivity index (χ0n) is 10.4. The van der Waals surface area contributed by atoms with Gasteiger partial charge in [-0.3, -0.25) is 0 Å². The van der Waals surface area contributed by atoms with Crippen molar-refractivity contribution in [3.05, 3.63) is 40.9 Å². The van der Waals surface area contributed by atoms with Crippen LogP contribution < -0.4 is 4.31 Å². The Kier molecular flexibility index (Phi) is 3.41. The highest BCUT2D eigenvalue weighted by Crippen LogP contribution is 2.25. The molecule has 18 heavy (non-hydrogen) atoms. The van der Waals surface area contributed by atoms with Crippen LogP contribution in [-0.2, 0) is 10.0 Å². The van der Waals surface area contributed by atoms with Crippen molar-refractivity contribution in [2.75, 3.05) is 11.4 Å². The molecule has 0 saturated heterocycles. The molecule has 2 rings (SSSR count). The third-order valence-corrected chi connectivity index (χ3v) is 5.53. The third kappa shape index (κ3) is 2.26. The van der Waals surface area contributed by atoms with Gasteiger partial charge in [-0.05, 0) is 25.5 Å². The van der Waals surface area contributed by atoms with E-state index in [0.29, 0.717) is 10.0 Å². The molecule has 0 aliphatic carbocycles. The molecule has 96 valence electrons. The van der Waals surface area contributed by atoms with Gasteiger partial charge >= 0.3 is 0 Å². The average molecular weight is 282 g/mol. The van der Waals surface area contributed by atoms with Crippen LogP contribution in [0.2, 0.25) is 0 Å². The minimum atomic E-state index is -3.53. The van der Waals surface area contributed by atoms with Crippen LogP contribution in [0.25, 0.3) is 0 Å². The smallest absolute Gasteiger partial charge is 0.244 e. The summed E-state index contributed by atoms with van der Waals surface area (Å²) in [5.41, 5.74) is 1.79. The van der Waals surface area contributed by atoms with Crippen LogP contribution in [0.4, 0.5) is 5.13 Å². The molecule has 1 heterocycles. The van der Waals surface area contributed by atoms with Gasteiger partial charge in [0.2, 0.25) is 0 Å². The molecular formula is C12H14N2O2S2. The summed E-state index contributed by atoms with van der Waals surface area (Å²) < 4.78 is 26.1. The Hall–Kier alpha value is -1.40. The number of aromatic nitrogens is 1. The van der Waals surface area contributed by atoms with Crippen molar-refractivity contribution >= 4 is 26.5 Å². The van der Waals surface area contributed by atoms with Crippen LogP contribution in [0.1, 0.15) is 11.1 Å². The second kappa shape index (κ2) is 4.70. The molecular weight excluding hydrogens is 268 g/mol. The highest BCUT2D eigenvalue weighted by atomic mass is 32.2. The molecule has 2 aromatic rings. The molecule has 0 spiro atoms. The zero-order chi connectivity index (χ0) is 13.3. The zero-order valence-corrected chi connectivity index (χ0v) is 12.0. The van der Waals surface area contributed by atoms with E-state index in [1.165, 1.54) is 22.7 Å². The fourth-order valence-corrected chi connectivity index (χ4v) is 3.90. The number of thiazole rings is 1. The van der Waals surface area contributed by atoms with Crippen LogP contribution >= 0.6 is 11.3 Å². The van der Waals surface area contributed by atoms with Crippen molar-refractivity contribution in [1.29, 1.82) is 0 Å². The molecule has 0 bridgehead atoms. The molecule has 0 aliphatic heterocycles. The SMILES string of the molecule is Cc1ccc(S(=O)(=O)N(C)c2nccs2)c(C)c1. The summed E-state index contributed by atoms with van der Waals surface area (Å²) in [6.45, 7) is 3.74. The summed E-state index contributed by atoms with van der Waals surface area (Å²) in [5.74, 6) is 0. The van der Waals surface area contributed by atoms with Crippen molar-refractivity contribution in [3.8, 4) is 0 Å². The first-order chi connectivity index (χ1) is 8.43. The highest BCUT2D eigenvalue weighted by molar-refractivity contribution is 7.93. The maximum Gasteiger partial charge on any atom is 0.266 e. The Bertz CT molecular complexity index is 649. The molecule has 4 nitrogen and oxygen atoms in total. The monoisotopic (exact) mass is 282 g/mol. The van der Waals surface area contributed by atoms with E-state index in [1.807, 2.05) is 13.0 Å². The van der Waals surface area contributed by atoms with E-state index in [4.69, 9.17) is 0 Å². The maximum atomic E-state index is 12.5. The molecule has 6 heteroatoms. The number of hydrogen-bond acceptors (Lipinski definition) is 4. The molecule has 0 saturated carbocycles. The molecule has 0 atom stereocenters. The predicted octanol–water partition coefficient (Wildman–Crippen LogP) is 2.59. The van der Waals surface area contributed by atoms with Crippen molar-refractivity contribution in [3.63, 3.8) is 0 Å². The first kappa shape index (κ1) is 13.0. The lowest BCUT2D eigenvalue weighted by atomic mass is 10.2. The van der Waals surface area contributed by atoms with Gasteiger partial charge in [-0.2, -0.15) is 0 Å². The summed E-state index contributed by atoms with van der Waals surface area (Å²) in [6, 6.07) is 5.31. The Balaban J connectivity index is 2.49. The van der Waals surface area contributed by atoms with Gasteiger partial charge in [0, 0.05) is 18.6 Å². The minimum Gasteiger partial charge on any atom is -0.244 e. The molecule has 1 aromatic heterocycles. The molecule has 1 aromatic carbocycles. The van der Waals surface area contributed by atoms with E-state index in [2.05, 4.69) is 4.98 Å². The Morgan fingerprint density at radius 2 is 2.00 bits per heavy atom. The van der Waals surface area contributed by atoms with Crippen molar-refractivity contribution in [2.24, 2.45) is 0 Å². The third-order valence-electron chi connectivity index (χ3n) is 2.66. The van der Waals surface area contributed by atoms with E-state index < -0.39 is 10.0 Å². The van der Waals surface area contributed by atoms with E-state index in [1.54, 1.807) is 30.6 Å². The van der Waals surface area contributed by atoms with Gasteiger partial charge < -0.3 is 0 Å². The average Bonchev–Trinajstić information content (AvgIpc) is 2.80. The molecule has 0 radical (unpaired) electrons. The molecule has 0 amide bonds. The lowest BCUT2D eigenvalue weighted by molar-refractivity contribution is 0.593. The normalized spacial score (nSPS) is 11.5. The van der Waals surface area contributed by atoms with E-state index in [0.717, 1.165) is 11.1 Å². The van der Waals surface area contributed by atoms with Gasteiger partial charge in [-0.1, -0.05) is 17.7 Å². The van der Waals surface area contributed by atoms with E-state index in [9.17, 15) is 8.42 Å². The number of sulfonamides is 1. The van der Waals surface area contributed by atoms with Crippen molar-refractivity contribution in [1.82, 2.24) is 4.98 Å². The quantitative estimate of drug-likeness (QED) is 0.869. The van der Waals surface area contributed by atoms with Crippen molar-refractivity contribution < 1.29 is 8.42 Å². The van der Waals surface area contributed by atoms with E-state index >= 15 is 0 Å². The summed E-state index contributed by atoms with van der Waals surface area (Å²) in [4.78, 5) is 4.35. The number of anilines is 1. The fourth-order valence-electron chi connectivity index (χ4n) is 1.71. The number of aryl methyl sites for hydroxylation is 2. The molecule has 0 N–H and O–H groups in total. The number of nitrogens with zero attached hydrogens (tertiary/aromatic N) is 2. The Labute approximate surface area is 111 Å². The molecule has 0 fully saturated rings. The maximum absolute atomic E-state index is 12.5. The van der Waals surface area contributed by atoms with Gasteiger partial charge in [-0.15, -0.1) is 11.3 Å². The fraction of sp³-hybridized carbons (Fsp3) is 0.250. The summed E-state index contributed by atoms with van der Waals surface area (Å²) in [5, 5.41) is 2.22. The van der Waals surface area contributed by atoms with Gasteiger partial charge in [-0.25, -0.2) is 17.7 Å². The Morgan fingerprint density at radius 3 is 2.56 bits per heavy atom. The summed E-state index contributed by atoms with van der Waals surface area (Å²) >= 11 is 1.30. The number of hydrogen-bond donors (Lipinski definition) is 0.